The van der Waals surface area contributed by atoms with Crippen molar-refractivity contribution in [2.45, 2.75) is 18.4 Å². The normalized spacial score (nSPS) is 13.2. The van der Waals surface area contributed by atoms with E-state index >= 15 is 0 Å². The van der Waals surface area contributed by atoms with Crippen molar-refractivity contribution in [3.63, 3.8) is 0 Å². The molecule has 5 nitrogen and oxygen atoms in total. The summed E-state index contributed by atoms with van der Waals surface area (Å²) in [6.07, 6.45) is -1.20. The van der Waals surface area contributed by atoms with E-state index in [1.807, 2.05) is 48.5 Å². The number of amides is 1. The average molecular weight is 440 g/mol. The molecular formula is C24H19ClFNO4. The molecule has 4 rings (SSSR count). The number of hydrogen-bond acceptors (Lipinski definition) is 3. The summed E-state index contributed by atoms with van der Waals surface area (Å²) in [7, 11) is 0. The first-order valence-electron chi connectivity index (χ1n) is 9.72. The molecule has 0 saturated heterocycles. The molecule has 3 aromatic carbocycles. The first-order valence-corrected chi connectivity index (χ1v) is 10.1. The lowest BCUT2D eigenvalue weighted by Crippen LogP contribution is -2.31. The van der Waals surface area contributed by atoms with Crippen molar-refractivity contribution >= 4 is 23.7 Å². The molecule has 1 amide bonds. The largest absolute Gasteiger partial charge is 0.481 e. The number of nitrogens with one attached hydrogen (secondary N) is 1. The molecule has 0 heterocycles. The predicted octanol–water partition coefficient (Wildman–Crippen LogP) is 5.53. The quantitative estimate of drug-likeness (QED) is 0.529. The molecule has 0 aromatic heterocycles. The van der Waals surface area contributed by atoms with E-state index < -0.39 is 30.3 Å². The number of alkyl carbamates (subject to hydrolysis) is 1. The van der Waals surface area contributed by atoms with Gasteiger partial charge in [-0.25, -0.2) is 9.18 Å². The van der Waals surface area contributed by atoms with E-state index in [1.54, 1.807) is 0 Å². The highest BCUT2D eigenvalue weighted by Crippen LogP contribution is 2.44. The van der Waals surface area contributed by atoms with Gasteiger partial charge in [-0.1, -0.05) is 66.2 Å². The van der Waals surface area contributed by atoms with Crippen LogP contribution in [0.25, 0.3) is 11.1 Å². The molecule has 1 atom stereocenters. The van der Waals surface area contributed by atoms with Crippen LogP contribution in [0.5, 0.6) is 0 Å². The van der Waals surface area contributed by atoms with Crippen LogP contribution in [0.3, 0.4) is 0 Å². The number of carboxylic acids is 1. The molecular weight excluding hydrogens is 421 g/mol. The molecule has 3 aromatic rings. The van der Waals surface area contributed by atoms with Crippen molar-refractivity contribution in [2.75, 3.05) is 6.61 Å². The standard InChI is InChI=1S/C24H19ClFNO4/c25-20-10-9-14(11-21(20)26)22(12-23(28)29)27-24(30)31-13-19-17-7-3-1-5-15(17)16-6-2-4-8-18(16)19/h1-11,19,22H,12-13H2,(H,27,30)(H,28,29)/t22-/m1/s1. The summed E-state index contributed by atoms with van der Waals surface area (Å²) in [5.41, 5.74) is 4.63. The summed E-state index contributed by atoms with van der Waals surface area (Å²) in [6, 6.07) is 18.8. The highest BCUT2D eigenvalue weighted by Gasteiger charge is 2.29. The van der Waals surface area contributed by atoms with Crippen molar-refractivity contribution in [2.24, 2.45) is 0 Å². The molecule has 0 saturated carbocycles. The zero-order valence-corrected chi connectivity index (χ0v) is 17.1. The van der Waals surface area contributed by atoms with E-state index in [4.69, 9.17) is 16.3 Å². The molecule has 1 aliphatic rings. The van der Waals surface area contributed by atoms with Crippen LogP contribution in [0, 0.1) is 5.82 Å². The minimum absolute atomic E-state index is 0.0843. The molecule has 0 fully saturated rings. The second-order valence-electron chi connectivity index (χ2n) is 7.29. The first-order chi connectivity index (χ1) is 14.9. The summed E-state index contributed by atoms with van der Waals surface area (Å²) in [5, 5.41) is 11.6. The van der Waals surface area contributed by atoms with Gasteiger partial charge in [0.2, 0.25) is 0 Å². The summed E-state index contributed by atoms with van der Waals surface area (Å²) in [6.45, 7) is 0.0919. The topological polar surface area (TPSA) is 75.6 Å². The molecule has 158 valence electrons. The molecule has 2 N–H and O–H groups in total. The fourth-order valence-electron chi connectivity index (χ4n) is 3.94. The average Bonchev–Trinajstić information content (AvgIpc) is 3.07. The van der Waals surface area contributed by atoms with Crippen LogP contribution in [-0.2, 0) is 9.53 Å². The molecule has 1 aliphatic carbocycles. The number of carbonyl (C=O) groups is 2. The maximum absolute atomic E-state index is 13.8. The zero-order chi connectivity index (χ0) is 22.0. The van der Waals surface area contributed by atoms with Crippen molar-refractivity contribution in [3.05, 3.63) is 94.3 Å². The highest BCUT2D eigenvalue weighted by atomic mass is 35.5. The third-order valence-corrected chi connectivity index (χ3v) is 5.67. The van der Waals surface area contributed by atoms with Gasteiger partial charge in [0.05, 0.1) is 17.5 Å². The van der Waals surface area contributed by atoms with E-state index in [2.05, 4.69) is 5.32 Å². The van der Waals surface area contributed by atoms with E-state index in [0.29, 0.717) is 0 Å². The Hall–Kier alpha value is -3.38. The van der Waals surface area contributed by atoms with Crippen LogP contribution in [0.1, 0.15) is 35.1 Å². The maximum Gasteiger partial charge on any atom is 0.407 e. The van der Waals surface area contributed by atoms with Gasteiger partial charge in [-0.15, -0.1) is 0 Å². The number of halogens is 2. The number of aliphatic carboxylic acids is 1. The minimum Gasteiger partial charge on any atom is -0.481 e. The van der Waals surface area contributed by atoms with Crippen LogP contribution in [0.2, 0.25) is 5.02 Å². The minimum atomic E-state index is -1.14. The van der Waals surface area contributed by atoms with Gasteiger partial charge >= 0.3 is 12.1 Å². The van der Waals surface area contributed by atoms with E-state index in [-0.39, 0.29) is 23.1 Å². The number of benzene rings is 3. The Bertz CT molecular complexity index is 1100. The van der Waals surface area contributed by atoms with Gasteiger partial charge in [0.25, 0.3) is 0 Å². The number of hydrogen-bond donors (Lipinski definition) is 2. The second kappa shape index (κ2) is 8.78. The second-order valence-corrected chi connectivity index (χ2v) is 7.70. The SMILES string of the molecule is O=C(O)C[C@@H](NC(=O)OCC1c2ccccc2-c2ccccc21)c1ccc(Cl)c(F)c1. The van der Waals surface area contributed by atoms with Crippen molar-refractivity contribution in [3.8, 4) is 11.1 Å². The van der Waals surface area contributed by atoms with Crippen molar-refractivity contribution in [1.29, 1.82) is 0 Å². The van der Waals surface area contributed by atoms with E-state index in [9.17, 15) is 19.1 Å². The highest BCUT2D eigenvalue weighted by molar-refractivity contribution is 6.30. The Balaban J connectivity index is 1.49. The van der Waals surface area contributed by atoms with E-state index in [1.165, 1.54) is 12.1 Å². The molecule has 0 unspecified atom stereocenters. The zero-order valence-electron chi connectivity index (χ0n) is 16.3. The summed E-state index contributed by atoms with van der Waals surface area (Å²) in [4.78, 5) is 23.7. The predicted molar refractivity (Wildman–Crippen MR) is 115 cm³/mol. The Morgan fingerprint density at radius 1 is 1.03 bits per heavy atom. The fourth-order valence-corrected chi connectivity index (χ4v) is 4.06. The number of rotatable bonds is 6. The van der Waals surface area contributed by atoms with Gasteiger partial charge < -0.3 is 15.2 Å². The number of ether oxygens (including phenoxy) is 1. The summed E-state index contributed by atoms with van der Waals surface area (Å²) >= 11 is 5.70. The lowest BCUT2D eigenvalue weighted by Gasteiger charge is -2.19. The first kappa shape index (κ1) is 20.9. The fraction of sp³-hybridized carbons (Fsp3) is 0.167. The lowest BCUT2D eigenvalue weighted by molar-refractivity contribution is -0.137. The molecule has 0 radical (unpaired) electrons. The molecule has 31 heavy (non-hydrogen) atoms. The Morgan fingerprint density at radius 3 is 2.23 bits per heavy atom. The maximum atomic E-state index is 13.8. The molecule has 0 spiro atoms. The van der Waals surface area contributed by atoms with Crippen LogP contribution >= 0.6 is 11.6 Å². The molecule has 7 heteroatoms. The van der Waals surface area contributed by atoms with Crippen LogP contribution < -0.4 is 5.32 Å². The molecule has 0 aliphatic heterocycles. The van der Waals surface area contributed by atoms with E-state index in [0.717, 1.165) is 28.3 Å². The Morgan fingerprint density at radius 2 is 1.65 bits per heavy atom. The number of fused-ring (bicyclic) bond motifs is 3. The van der Waals surface area contributed by atoms with Crippen molar-refractivity contribution in [1.82, 2.24) is 5.32 Å². The smallest absolute Gasteiger partial charge is 0.407 e. The lowest BCUT2D eigenvalue weighted by atomic mass is 9.98. The van der Waals surface area contributed by atoms with Gasteiger partial charge in [0.15, 0.2) is 0 Å². The van der Waals surface area contributed by atoms with Gasteiger partial charge in [0.1, 0.15) is 12.4 Å². The van der Waals surface area contributed by atoms with Crippen LogP contribution in [0.15, 0.2) is 66.7 Å². The number of carbonyl (C=O) groups excluding carboxylic acids is 1. The number of carboxylic acid groups (broad SMARTS) is 1. The van der Waals surface area contributed by atoms with Gasteiger partial charge in [-0.05, 0) is 39.9 Å². The summed E-state index contributed by atoms with van der Waals surface area (Å²) < 4.78 is 19.3. The van der Waals surface area contributed by atoms with Gasteiger partial charge in [-0.2, -0.15) is 0 Å². The third kappa shape index (κ3) is 4.39. The third-order valence-electron chi connectivity index (χ3n) is 5.36. The monoisotopic (exact) mass is 439 g/mol. The summed E-state index contributed by atoms with van der Waals surface area (Å²) in [5.74, 6) is -1.95. The van der Waals surface area contributed by atoms with Gasteiger partial charge in [-0.3, -0.25) is 4.79 Å². The van der Waals surface area contributed by atoms with Crippen molar-refractivity contribution < 1.29 is 23.8 Å². The van der Waals surface area contributed by atoms with Crippen LogP contribution in [-0.4, -0.2) is 23.8 Å². The van der Waals surface area contributed by atoms with Gasteiger partial charge in [0, 0.05) is 5.92 Å². The Labute approximate surface area is 183 Å². The Kier molecular flexibility index (Phi) is 5.91. The van der Waals surface area contributed by atoms with Crippen LogP contribution in [0.4, 0.5) is 9.18 Å². The molecule has 0 bridgehead atoms.